The molecule has 1 atom stereocenters. The van der Waals surface area contributed by atoms with E-state index < -0.39 is 0 Å². The minimum Gasteiger partial charge on any atom is -0.336 e. The summed E-state index contributed by atoms with van der Waals surface area (Å²) in [7, 11) is 2.02. The van der Waals surface area contributed by atoms with E-state index in [0.29, 0.717) is 0 Å². The van der Waals surface area contributed by atoms with Gasteiger partial charge in [0.25, 0.3) is 0 Å². The van der Waals surface area contributed by atoms with Gasteiger partial charge < -0.3 is 9.88 Å². The Kier molecular flexibility index (Phi) is 4.10. The summed E-state index contributed by atoms with van der Waals surface area (Å²) in [4.78, 5) is 8.70. The van der Waals surface area contributed by atoms with Gasteiger partial charge in [0.15, 0.2) is 0 Å². The van der Waals surface area contributed by atoms with E-state index >= 15 is 0 Å². The van der Waals surface area contributed by atoms with Gasteiger partial charge in [-0.05, 0) is 37.1 Å². The van der Waals surface area contributed by atoms with Crippen molar-refractivity contribution in [2.24, 2.45) is 7.05 Å². The van der Waals surface area contributed by atoms with Gasteiger partial charge in [0.2, 0.25) is 0 Å². The molecule has 0 fully saturated rings. The first kappa shape index (κ1) is 12.8. The molecule has 0 saturated heterocycles. The van der Waals surface area contributed by atoms with Crippen LogP contribution >= 0.6 is 0 Å². The van der Waals surface area contributed by atoms with Crippen LogP contribution in [0, 0.1) is 6.92 Å². The summed E-state index contributed by atoms with van der Waals surface area (Å²) >= 11 is 0. The summed E-state index contributed by atoms with van der Waals surface area (Å²) in [5, 5.41) is 3.55. The molecule has 1 N–H and O–H groups in total. The van der Waals surface area contributed by atoms with Crippen molar-refractivity contribution in [2.75, 3.05) is 6.54 Å². The number of pyridine rings is 1. The lowest BCUT2D eigenvalue weighted by molar-refractivity contribution is 0.552. The molecule has 2 aromatic rings. The third-order valence-electron chi connectivity index (χ3n) is 3.11. The van der Waals surface area contributed by atoms with Crippen LogP contribution in [0.3, 0.4) is 0 Å². The fourth-order valence-corrected chi connectivity index (χ4v) is 2.06. The average Bonchev–Trinajstić information content (AvgIpc) is 2.78. The number of aromatic nitrogens is 3. The largest absolute Gasteiger partial charge is 0.336 e. The molecule has 0 spiro atoms. The van der Waals surface area contributed by atoms with Crippen LogP contribution in [0.4, 0.5) is 0 Å². The second-order valence-electron chi connectivity index (χ2n) is 4.52. The molecule has 0 bridgehead atoms. The highest BCUT2D eigenvalue weighted by molar-refractivity contribution is 5.30. The van der Waals surface area contributed by atoms with Crippen LogP contribution in [-0.2, 0) is 7.05 Å². The van der Waals surface area contributed by atoms with Crippen molar-refractivity contribution in [3.8, 4) is 0 Å². The van der Waals surface area contributed by atoms with E-state index in [1.165, 1.54) is 11.1 Å². The number of hydrogen-bond donors (Lipinski definition) is 1. The van der Waals surface area contributed by atoms with Crippen LogP contribution in [0.1, 0.15) is 36.3 Å². The summed E-state index contributed by atoms with van der Waals surface area (Å²) in [6.45, 7) is 5.24. The van der Waals surface area contributed by atoms with Gasteiger partial charge in [0.1, 0.15) is 5.82 Å². The Hall–Kier alpha value is -1.68. The van der Waals surface area contributed by atoms with Crippen LogP contribution in [0.25, 0.3) is 0 Å². The normalized spacial score (nSPS) is 12.6. The molecule has 1 unspecified atom stereocenters. The molecule has 0 amide bonds. The minimum atomic E-state index is 0.110. The lowest BCUT2D eigenvalue weighted by Gasteiger charge is -2.20. The van der Waals surface area contributed by atoms with Gasteiger partial charge in [-0.3, -0.25) is 4.98 Å². The van der Waals surface area contributed by atoms with Crippen LogP contribution in [0.5, 0.6) is 0 Å². The van der Waals surface area contributed by atoms with Crippen molar-refractivity contribution >= 4 is 0 Å². The maximum atomic E-state index is 4.46. The first-order valence-corrected chi connectivity index (χ1v) is 6.35. The van der Waals surface area contributed by atoms with Crippen LogP contribution < -0.4 is 5.32 Å². The standard InChI is InChI=1S/C14H20N4/c1-4-6-16-13(14-17-8-9-18(14)3)12-10-15-7-5-11(12)2/h5,7-10,13,16H,4,6H2,1-3H3. The molecule has 0 aliphatic rings. The lowest BCUT2D eigenvalue weighted by atomic mass is 10.0. The van der Waals surface area contributed by atoms with Crippen LogP contribution in [0.15, 0.2) is 30.9 Å². The summed E-state index contributed by atoms with van der Waals surface area (Å²) in [6.07, 6.45) is 8.66. The van der Waals surface area contributed by atoms with Crippen molar-refractivity contribution in [3.63, 3.8) is 0 Å². The van der Waals surface area contributed by atoms with Gasteiger partial charge in [-0.25, -0.2) is 4.98 Å². The number of imidazole rings is 1. The van der Waals surface area contributed by atoms with E-state index in [1.54, 1.807) is 0 Å². The van der Waals surface area contributed by atoms with E-state index in [2.05, 4.69) is 33.7 Å². The molecular formula is C14H20N4. The zero-order chi connectivity index (χ0) is 13.0. The van der Waals surface area contributed by atoms with Crippen molar-refractivity contribution in [3.05, 3.63) is 47.8 Å². The van der Waals surface area contributed by atoms with E-state index in [9.17, 15) is 0 Å². The molecule has 0 aliphatic heterocycles. The molecule has 0 aromatic carbocycles. The SMILES string of the molecule is CCCNC(c1cnccc1C)c1nccn1C. The molecule has 4 nitrogen and oxygen atoms in total. The van der Waals surface area contributed by atoms with Crippen molar-refractivity contribution in [1.29, 1.82) is 0 Å². The van der Waals surface area contributed by atoms with Crippen molar-refractivity contribution < 1.29 is 0 Å². The second kappa shape index (κ2) is 5.78. The minimum absolute atomic E-state index is 0.110. The highest BCUT2D eigenvalue weighted by Gasteiger charge is 2.19. The number of rotatable bonds is 5. The third kappa shape index (κ3) is 2.59. The third-order valence-corrected chi connectivity index (χ3v) is 3.11. The second-order valence-corrected chi connectivity index (χ2v) is 4.52. The number of nitrogens with one attached hydrogen (secondary N) is 1. The Balaban J connectivity index is 2.37. The highest BCUT2D eigenvalue weighted by atomic mass is 15.1. The zero-order valence-corrected chi connectivity index (χ0v) is 11.2. The first-order chi connectivity index (χ1) is 8.74. The zero-order valence-electron chi connectivity index (χ0n) is 11.2. The molecular weight excluding hydrogens is 224 g/mol. The molecule has 96 valence electrons. The summed E-state index contributed by atoms with van der Waals surface area (Å²) in [6, 6.07) is 2.15. The molecule has 0 saturated carbocycles. The maximum absolute atomic E-state index is 4.46. The summed E-state index contributed by atoms with van der Waals surface area (Å²) < 4.78 is 2.06. The topological polar surface area (TPSA) is 42.7 Å². The number of hydrogen-bond acceptors (Lipinski definition) is 3. The maximum Gasteiger partial charge on any atom is 0.130 e. The summed E-state index contributed by atoms with van der Waals surface area (Å²) in [5.41, 5.74) is 2.43. The number of nitrogens with zero attached hydrogens (tertiary/aromatic N) is 3. The van der Waals surface area contributed by atoms with Gasteiger partial charge in [0, 0.05) is 31.8 Å². The van der Waals surface area contributed by atoms with Crippen molar-refractivity contribution in [1.82, 2.24) is 19.9 Å². The Morgan fingerprint density at radius 1 is 1.39 bits per heavy atom. The smallest absolute Gasteiger partial charge is 0.130 e. The lowest BCUT2D eigenvalue weighted by Crippen LogP contribution is -2.26. The van der Waals surface area contributed by atoms with Gasteiger partial charge in [0.05, 0.1) is 6.04 Å². The predicted molar refractivity (Wildman–Crippen MR) is 72.3 cm³/mol. The Morgan fingerprint density at radius 3 is 2.83 bits per heavy atom. The van der Waals surface area contributed by atoms with Gasteiger partial charge >= 0.3 is 0 Å². The molecule has 18 heavy (non-hydrogen) atoms. The Labute approximate surface area is 108 Å². The summed E-state index contributed by atoms with van der Waals surface area (Å²) in [5.74, 6) is 1.03. The Bertz CT molecular complexity index is 504. The Morgan fingerprint density at radius 2 is 2.22 bits per heavy atom. The van der Waals surface area contributed by atoms with Gasteiger partial charge in [-0.1, -0.05) is 6.92 Å². The van der Waals surface area contributed by atoms with Crippen molar-refractivity contribution in [2.45, 2.75) is 26.3 Å². The fourth-order valence-electron chi connectivity index (χ4n) is 2.06. The van der Waals surface area contributed by atoms with Crippen LogP contribution in [0.2, 0.25) is 0 Å². The van der Waals surface area contributed by atoms with E-state index in [0.717, 1.165) is 18.8 Å². The fraction of sp³-hybridized carbons (Fsp3) is 0.429. The molecule has 4 heteroatoms. The average molecular weight is 244 g/mol. The highest BCUT2D eigenvalue weighted by Crippen LogP contribution is 2.22. The molecule has 0 radical (unpaired) electrons. The van der Waals surface area contributed by atoms with Crippen LogP contribution in [-0.4, -0.2) is 21.1 Å². The number of aryl methyl sites for hydroxylation is 2. The first-order valence-electron chi connectivity index (χ1n) is 6.35. The molecule has 2 rings (SSSR count). The monoisotopic (exact) mass is 244 g/mol. The van der Waals surface area contributed by atoms with E-state index in [-0.39, 0.29) is 6.04 Å². The van der Waals surface area contributed by atoms with Gasteiger partial charge in [-0.15, -0.1) is 0 Å². The van der Waals surface area contributed by atoms with E-state index in [4.69, 9.17) is 0 Å². The quantitative estimate of drug-likeness (QED) is 0.877. The molecule has 2 heterocycles. The molecule has 0 aliphatic carbocycles. The molecule has 2 aromatic heterocycles. The van der Waals surface area contributed by atoms with E-state index in [1.807, 2.05) is 37.9 Å². The predicted octanol–water partition coefficient (Wildman–Crippen LogP) is 2.21. The van der Waals surface area contributed by atoms with Gasteiger partial charge in [-0.2, -0.15) is 0 Å².